The highest BCUT2D eigenvalue weighted by molar-refractivity contribution is 5.30. The number of benzene rings is 1. The Kier molecular flexibility index (Phi) is 5.12. The first-order chi connectivity index (χ1) is 9.70. The summed E-state index contributed by atoms with van der Waals surface area (Å²) in [5.74, 6) is 0.300. The lowest BCUT2D eigenvalue weighted by atomic mass is 10.1. The van der Waals surface area contributed by atoms with Crippen molar-refractivity contribution in [3.8, 4) is 5.75 Å². The van der Waals surface area contributed by atoms with Gasteiger partial charge >= 0.3 is 0 Å². The molecular weight excluding hydrogens is 257 g/mol. The number of nitrogens with one attached hydrogen (secondary N) is 1. The van der Waals surface area contributed by atoms with E-state index >= 15 is 0 Å². The summed E-state index contributed by atoms with van der Waals surface area (Å²) in [6, 6.07) is 6.83. The van der Waals surface area contributed by atoms with Crippen molar-refractivity contribution in [3.63, 3.8) is 0 Å². The summed E-state index contributed by atoms with van der Waals surface area (Å²) in [4.78, 5) is 0. The smallest absolute Gasteiger partial charge is 0.131 e. The SMILES string of the molecule is COc1ccc(C(C)NCCCn2cccn2)c(F)c1. The number of halogens is 1. The van der Waals surface area contributed by atoms with Crippen molar-refractivity contribution in [3.05, 3.63) is 48.0 Å². The summed E-state index contributed by atoms with van der Waals surface area (Å²) < 4.78 is 20.8. The summed E-state index contributed by atoms with van der Waals surface area (Å²) >= 11 is 0. The monoisotopic (exact) mass is 277 g/mol. The average Bonchev–Trinajstić information content (AvgIpc) is 2.96. The molecule has 1 unspecified atom stereocenters. The van der Waals surface area contributed by atoms with Crippen molar-refractivity contribution in [2.45, 2.75) is 25.9 Å². The van der Waals surface area contributed by atoms with Crippen molar-refractivity contribution >= 4 is 0 Å². The van der Waals surface area contributed by atoms with Gasteiger partial charge in [-0.05, 0) is 32.0 Å². The second-order valence-electron chi connectivity index (χ2n) is 4.69. The quantitative estimate of drug-likeness (QED) is 0.791. The highest BCUT2D eigenvalue weighted by Crippen LogP contribution is 2.21. The van der Waals surface area contributed by atoms with Crippen LogP contribution in [0.4, 0.5) is 4.39 Å². The normalized spacial score (nSPS) is 12.3. The van der Waals surface area contributed by atoms with Crippen LogP contribution >= 0.6 is 0 Å². The van der Waals surface area contributed by atoms with Gasteiger partial charge in [0.05, 0.1) is 7.11 Å². The van der Waals surface area contributed by atoms with E-state index in [9.17, 15) is 4.39 Å². The molecule has 108 valence electrons. The first kappa shape index (κ1) is 14.5. The molecule has 0 aliphatic carbocycles. The third kappa shape index (κ3) is 3.81. The van der Waals surface area contributed by atoms with Gasteiger partial charge in [0.15, 0.2) is 0 Å². The van der Waals surface area contributed by atoms with Gasteiger partial charge in [0.25, 0.3) is 0 Å². The lowest BCUT2D eigenvalue weighted by Gasteiger charge is -2.15. The van der Waals surface area contributed by atoms with Crippen LogP contribution in [0.25, 0.3) is 0 Å². The first-order valence-corrected chi connectivity index (χ1v) is 6.75. The van der Waals surface area contributed by atoms with Crippen molar-refractivity contribution < 1.29 is 9.13 Å². The first-order valence-electron chi connectivity index (χ1n) is 6.75. The molecule has 1 aromatic carbocycles. The van der Waals surface area contributed by atoms with Gasteiger partial charge < -0.3 is 10.1 Å². The molecule has 0 aliphatic heterocycles. The van der Waals surface area contributed by atoms with Gasteiger partial charge in [-0.2, -0.15) is 5.10 Å². The van der Waals surface area contributed by atoms with Crippen LogP contribution in [0.5, 0.6) is 5.75 Å². The molecule has 5 heteroatoms. The molecule has 1 N–H and O–H groups in total. The van der Waals surface area contributed by atoms with E-state index in [1.807, 2.05) is 23.9 Å². The van der Waals surface area contributed by atoms with Crippen molar-refractivity contribution in [2.75, 3.05) is 13.7 Å². The molecule has 0 saturated heterocycles. The Labute approximate surface area is 118 Å². The Hall–Kier alpha value is -1.88. The Morgan fingerprint density at radius 2 is 2.30 bits per heavy atom. The van der Waals surface area contributed by atoms with Crippen molar-refractivity contribution in [1.29, 1.82) is 0 Å². The molecule has 0 aliphatic rings. The maximum Gasteiger partial charge on any atom is 0.131 e. The lowest BCUT2D eigenvalue weighted by Crippen LogP contribution is -2.22. The third-order valence-corrected chi connectivity index (χ3v) is 3.25. The molecule has 0 fully saturated rings. The number of hydrogen-bond acceptors (Lipinski definition) is 3. The van der Waals surface area contributed by atoms with Gasteiger partial charge in [0, 0.05) is 36.6 Å². The number of aryl methyl sites for hydroxylation is 1. The molecule has 2 rings (SSSR count). The molecule has 0 spiro atoms. The van der Waals surface area contributed by atoms with Gasteiger partial charge in [0.1, 0.15) is 11.6 Å². The molecule has 0 radical (unpaired) electrons. The predicted molar refractivity (Wildman–Crippen MR) is 76.2 cm³/mol. The zero-order valence-electron chi connectivity index (χ0n) is 11.8. The number of ether oxygens (including phenoxy) is 1. The van der Waals surface area contributed by atoms with Crippen LogP contribution in [0, 0.1) is 5.82 Å². The maximum absolute atomic E-state index is 13.9. The van der Waals surface area contributed by atoms with Crippen LogP contribution < -0.4 is 10.1 Å². The van der Waals surface area contributed by atoms with Gasteiger partial charge in [0.2, 0.25) is 0 Å². The van der Waals surface area contributed by atoms with Crippen LogP contribution in [0.2, 0.25) is 0 Å². The molecule has 1 aromatic heterocycles. The Balaban J connectivity index is 1.80. The highest BCUT2D eigenvalue weighted by Gasteiger charge is 2.11. The van der Waals surface area contributed by atoms with Gasteiger partial charge in [-0.3, -0.25) is 4.68 Å². The minimum atomic E-state index is -0.239. The fourth-order valence-electron chi connectivity index (χ4n) is 2.09. The molecule has 2 aromatic rings. The molecule has 1 heterocycles. The molecule has 20 heavy (non-hydrogen) atoms. The minimum absolute atomic E-state index is 0.0291. The number of hydrogen-bond donors (Lipinski definition) is 1. The summed E-state index contributed by atoms with van der Waals surface area (Å²) in [5, 5.41) is 7.46. The van der Waals surface area contributed by atoms with Crippen LogP contribution in [0.15, 0.2) is 36.7 Å². The van der Waals surface area contributed by atoms with E-state index in [1.54, 1.807) is 18.3 Å². The topological polar surface area (TPSA) is 39.1 Å². The fourth-order valence-corrected chi connectivity index (χ4v) is 2.09. The Morgan fingerprint density at radius 1 is 1.45 bits per heavy atom. The summed E-state index contributed by atoms with van der Waals surface area (Å²) in [6.07, 6.45) is 4.65. The van der Waals surface area contributed by atoms with Crippen molar-refractivity contribution in [2.24, 2.45) is 0 Å². The summed E-state index contributed by atoms with van der Waals surface area (Å²) in [5.41, 5.74) is 0.657. The maximum atomic E-state index is 13.9. The van der Waals surface area contributed by atoms with Gasteiger partial charge in [-0.25, -0.2) is 4.39 Å². The summed E-state index contributed by atoms with van der Waals surface area (Å²) in [7, 11) is 1.53. The van der Waals surface area contributed by atoms with Crippen LogP contribution in [0.3, 0.4) is 0 Å². The number of nitrogens with zero attached hydrogens (tertiary/aromatic N) is 2. The van der Waals surface area contributed by atoms with E-state index in [2.05, 4.69) is 10.4 Å². The highest BCUT2D eigenvalue weighted by atomic mass is 19.1. The largest absolute Gasteiger partial charge is 0.497 e. The third-order valence-electron chi connectivity index (χ3n) is 3.25. The molecule has 1 atom stereocenters. The predicted octanol–water partition coefficient (Wildman–Crippen LogP) is 2.77. The van der Waals surface area contributed by atoms with Gasteiger partial charge in [-0.1, -0.05) is 6.07 Å². The van der Waals surface area contributed by atoms with E-state index in [4.69, 9.17) is 4.74 Å². The molecule has 4 nitrogen and oxygen atoms in total. The zero-order chi connectivity index (χ0) is 14.4. The van der Waals surface area contributed by atoms with Gasteiger partial charge in [-0.15, -0.1) is 0 Å². The average molecular weight is 277 g/mol. The second-order valence-corrected chi connectivity index (χ2v) is 4.69. The van der Waals surface area contributed by atoms with E-state index in [-0.39, 0.29) is 11.9 Å². The van der Waals surface area contributed by atoms with Crippen molar-refractivity contribution in [1.82, 2.24) is 15.1 Å². The number of rotatable bonds is 7. The Morgan fingerprint density at radius 3 is 2.95 bits per heavy atom. The number of methoxy groups -OCH3 is 1. The van der Waals surface area contributed by atoms with Crippen LogP contribution in [0.1, 0.15) is 24.9 Å². The van der Waals surface area contributed by atoms with Crippen LogP contribution in [-0.4, -0.2) is 23.4 Å². The lowest BCUT2D eigenvalue weighted by molar-refractivity contribution is 0.409. The number of aromatic nitrogens is 2. The van der Waals surface area contributed by atoms with E-state index in [0.29, 0.717) is 11.3 Å². The summed E-state index contributed by atoms with van der Waals surface area (Å²) in [6.45, 7) is 3.63. The molecular formula is C15H20FN3O. The molecule has 0 bridgehead atoms. The van der Waals surface area contributed by atoms with E-state index in [1.165, 1.54) is 13.2 Å². The zero-order valence-corrected chi connectivity index (χ0v) is 11.8. The second kappa shape index (κ2) is 7.05. The molecule has 0 saturated carbocycles. The Bertz CT molecular complexity index is 528. The molecule has 0 amide bonds. The minimum Gasteiger partial charge on any atom is -0.497 e. The standard InChI is InChI=1S/C15H20FN3O/c1-12(14-6-5-13(20-2)11-15(14)16)17-7-3-9-19-10-4-8-18-19/h4-6,8,10-12,17H,3,7,9H2,1-2H3. The van der Waals surface area contributed by atoms with E-state index < -0.39 is 0 Å². The van der Waals surface area contributed by atoms with Crippen LogP contribution in [-0.2, 0) is 6.54 Å². The van der Waals surface area contributed by atoms with E-state index in [0.717, 1.165) is 19.5 Å². The fraction of sp³-hybridized carbons (Fsp3) is 0.400.